The lowest BCUT2D eigenvalue weighted by Gasteiger charge is -2.06. The number of carbonyl (C=O) groups is 1. The van der Waals surface area contributed by atoms with Crippen molar-refractivity contribution < 1.29 is 18.3 Å². The van der Waals surface area contributed by atoms with E-state index < -0.39 is 5.82 Å². The fourth-order valence-electron chi connectivity index (χ4n) is 1.66. The molecule has 1 amide bonds. The molecule has 1 heterocycles. The van der Waals surface area contributed by atoms with Crippen LogP contribution in [0.2, 0.25) is 0 Å². The van der Waals surface area contributed by atoms with Crippen LogP contribution >= 0.6 is 0 Å². The summed E-state index contributed by atoms with van der Waals surface area (Å²) < 4.78 is 23.2. The molecule has 1 aromatic carbocycles. The lowest BCUT2D eigenvalue weighted by Crippen LogP contribution is -2.25. The summed E-state index contributed by atoms with van der Waals surface area (Å²) in [6.45, 7) is 0.464. The van der Waals surface area contributed by atoms with E-state index in [-0.39, 0.29) is 17.2 Å². The van der Waals surface area contributed by atoms with Crippen molar-refractivity contribution in [1.82, 2.24) is 5.32 Å². The molecule has 1 N–H and O–H groups in total. The lowest BCUT2D eigenvalue weighted by molar-refractivity contribution is 0.0953. The van der Waals surface area contributed by atoms with Crippen molar-refractivity contribution in [1.29, 1.82) is 0 Å². The van der Waals surface area contributed by atoms with E-state index in [9.17, 15) is 9.18 Å². The standard InChI is InChI=1S/C14H14FNO3/c1-18-13-3-2-11(8-12(13)15)14(17)16-6-4-10-5-7-19-9-10/h2-3,5,7-9H,4,6H2,1H3,(H,16,17). The number of nitrogens with one attached hydrogen (secondary N) is 1. The lowest BCUT2D eigenvalue weighted by atomic mass is 10.2. The van der Waals surface area contributed by atoms with Crippen molar-refractivity contribution >= 4 is 5.91 Å². The Morgan fingerprint density at radius 1 is 1.42 bits per heavy atom. The molecule has 0 bridgehead atoms. The summed E-state index contributed by atoms with van der Waals surface area (Å²) in [6, 6.07) is 5.95. The van der Waals surface area contributed by atoms with Gasteiger partial charge in [-0.3, -0.25) is 4.79 Å². The third-order valence-electron chi connectivity index (χ3n) is 2.69. The van der Waals surface area contributed by atoms with Crippen LogP contribution in [0.15, 0.2) is 41.2 Å². The summed E-state index contributed by atoms with van der Waals surface area (Å²) in [6.07, 6.45) is 3.87. The summed E-state index contributed by atoms with van der Waals surface area (Å²) in [7, 11) is 1.38. The number of hydrogen-bond acceptors (Lipinski definition) is 3. The number of carbonyl (C=O) groups excluding carboxylic acids is 1. The van der Waals surface area contributed by atoms with Crippen molar-refractivity contribution in [2.45, 2.75) is 6.42 Å². The predicted molar refractivity (Wildman–Crippen MR) is 67.7 cm³/mol. The quantitative estimate of drug-likeness (QED) is 0.901. The van der Waals surface area contributed by atoms with Gasteiger partial charge in [0, 0.05) is 12.1 Å². The van der Waals surface area contributed by atoms with Crippen LogP contribution in [0.1, 0.15) is 15.9 Å². The Hall–Kier alpha value is -2.30. The normalized spacial score (nSPS) is 10.2. The van der Waals surface area contributed by atoms with Crippen LogP contribution in [0.5, 0.6) is 5.75 Å². The number of rotatable bonds is 5. The molecule has 5 heteroatoms. The molecule has 4 nitrogen and oxygen atoms in total. The molecule has 2 aromatic rings. The number of furan rings is 1. The molecule has 0 aliphatic rings. The number of benzene rings is 1. The van der Waals surface area contributed by atoms with E-state index >= 15 is 0 Å². The van der Waals surface area contributed by atoms with E-state index in [4.69, 9.17) is 9.15 Å². The average Bonchev–Trinajstić information content (AvgIpc) is 2.91. The fraction of sp³-hybridized carbons (Fsp3) is 0.214. The van der Waals surface area contributed by atoms with Gasteiger partial charge in [-0.05, 0) is 36.2 Å². The molecule has 0 fully saturated rings. The van der Waals surface area contributed by atoms with Crippen LogP contribution in [-0.2, 0) is 6.42 Å². The van der Waals surface area contributed by atoms with E-state index in [1.54, 1.807) is 12.5 Å². The van der Waals surface area contributed by atoms with Gasteiger partial charge in [0.05, 0.1) is 19.6 Å². The topological polar surface area (TPSA) is 51.5 Å². The van der Waals surface area contributed by atoms with Crippen molar-refractivity contribution in [2.75, 3.05) is 13.7 Å². The summed E-state index contributed by atoms with van der Waals surface area (Å²) >= 11 is 0. The SMILES string of the molecule is COc1ccc(C(=O)NCCc2ccoc2)cc1F. The van der Waals surface area contributed by atoms with Gasteiger partial charge in [0.2, 0.25) is 0 Å². The van der Waals surface area contributed by atoms with Gasteiger partial charge in [-0.15, -0.1) is 0 Å². The Labute approximate surface area is 110 Å². The second-order valence-electron chi connectivity index (χ2n) is 3.99. The molecule has 2 rings (SSSR count). The van der Waals surface area contributed by atoms with Crippen LogP contribution in [-0.4, -0.2) is 19.6 Å². The second kappa shape index (κ2) is 6.04. The molecule has 0 aliphatic heterocycles. The van der Waals surface area contributed by atoms with Crippen LogP contribution in [0.25, 0.3) is 0 Å². The smallest absolute Gasteiger partial charge is 0.251 e. The molecule has 19 heavy (non-hydrogen) atoms. The molecule has 100 valence electrons. The van der Waals surface area contributed by atoms with E-state index in [1.807, 2.05) is 6.07 Å². The van der Waals surface area contributed by atoms with Gasteiger partial charge < -0.3 is 14.5 Å². The van der Waals surface area contributed by atoms with Crippen LogP contribution in [0.3, 0.4) is 0 Å². The zero-order valence-corrected chi connectivity index (χ0v) is 10.5. The first-order valence-corrected chi connectivity index (χ1v) is 5.83. The predicted octanol–water partition coefficient (Wildman–Crippen LogP) is 2.40. The molecule has 0 radical (unpaired) electrons. The number of ether oxygens (including phenoxy) is 1. The van der Waals surface area contributed by atoms with Gasteiger partial charge in [-0.1, -0.05) is 0 Å². The molecule has 0 atom stereocenters. The number of methoxy groups -OCH3 is 1. The van der Waals surface area contributed by atoms with Crippen molar-refractivity contribution in [2.24, 2.45) is 0 Å². The molecule has 1 aromatic heterocycles. The Balaban J connectivity index is 1.91. The summed E-state index contributed by atoms with van der Waals surface area (Å²) in [5.41, 5.74) is 1.27. The van der Waals surface area contributed by atoms with E-state index in [2.05, 4.69) is 5.32 Å². The minimum atomic E-state index is -0.551. The van der Waals surface area contributed by atoms with Crippen molar-refractivity contribution in [3.63, 3.8) is 0 Å². The van der Waals surface area contributed by atoms with Crippen LogP contribution in [0, 0.1) is 5.82 Å². The second-order valence-corrected chi connectivity index (χ2v) is 3.99. The highest BCUT2D eigenvalue weighted by Crippen LogP contribution is 2.17. The van der Waals surface area contributed by atoms with E-state index in [0.29, 0.717) is 13.0 Å². The van der Waals surface area contributed by atoms with Crippen LogP contribution in [0.4, 0.5) is 4.39 Å². The summed E-state index contributed by atoms with van der Waals surface area (Å²) in [5, 5.41) is 2.71. The van der Waals surface area contributed by atoms with Crippen LogP contribution < -0.4 is 10.1 Å². The third-order valence-corrected chi connectivity index (χ3v) is 2.69. The van der Waals surface area contributed by atoms with Gasteiger partial charge in [0.25, 0.3) is 5.91 Å². The van der Waals surface area contributed by atoms with Crippen molar-refractivity contribution in [3.8, 4) is 5.75 Å². The molecule has 0 saturated carbocycles. The molecule has 0 saturated heterocycles. The summed E-state index contributed by atoms with van der Waals surface area (Å²) in [4.78, 5) is 11.8. The first-order valence-electron chi connectivity index (χ1n) is 5.83. The molecule has 0 aliphatic carbocycles. The Kier molecular flexibility index (Phi) is 4.18. The third kappa shape index (κ3) is 3.34. The first kappa shape index (κ1) is 13.1. The largest absolute Gasteiger partial charge is 0.494 e. The van der Waals surface area contributed by atoms with Gasteiger partial charge in [0.15, 0.2) is 11.6 Å². The average molecular weight is 263 g/mol. The molecule has 0 unspecified atom stereocenters. The van der Waals surface area contributed by atoms with E-state index in [0.717, 1.165) is 11.6 Å². The Morgan fingerprint density at radius 2 is 2.26 bits per heavy atom. The highest BCUT2D eigenvalue weighted by molar-refractivity contribution is 5.94. The molecular weight excluding hydrogens is 249 g/mol. The monoisotopic (exact) mass is 263 g/mol. The highest BCUT2D eigenvalue weighted by Gasteiger charge is 2.09. The maximum Gasteiger partial charge on any atom is 0.251 e. The minimum Gasteiger partial charge on any atom is -0.494 e. The minimum absolute atomic E-state index is 0.120. The maximum atomic E-state index is 13.4. The Bertz CT molecular complexity index is 552. The van der Waals surface area contributed by atoms with Gasteiger partial charge in [0.1, 0.15) is 0 Å². The molecule has 0 spiro atoms. The fourth-order valence-corrected chi connectivity index (χ4v) is 1.66. The zero-order chi connectivity index (χ0) is 13.7. The van der Waals surface area contributed by atoms with E-state index in [1.165, 1.54) is 19.2 Å². The Morgan fingerprint density at radius 3 is 2.89 bits per heavy atom. The van der Waals surface area contributed by atoms with Gasteiger partial charge in [-0.25, -0.2) is 4.39 Å². The highest BCUT2D eigenvalue weighted by atomic mass is 19.1. The summed E-state index contributed by atoms with van der Waals surface area (Å²) in [5.74, 6) is -0.745. The number of hydrogen-bond donors (Lipinski definition) is 1. The number of halogens is 1. The first-order chi connectivity index (χ1) is 9.20. The zero-order valence-electron chi connectivity index (χ0n) is 10.5. The van der Waals surface area contributed by atoms with Gasteiger partial charge in [-0.2, -0.15) is 0 Å². The maximum absolute atomic E-state index is 13.4. The number of amides is 1. The van der Waals surface area contributed by atoms with Crippen molar-refractivity contribution in [3.05, 3.63) is 53.7 Å². The molecular formula is C14H14FNO3. The van der Waals surface area contributed by atoms with Gasteiger partial charge >= 0.3 is 0 Å².